The highest BCUT2D eigenvalue weighted by atomic mass is 35.5. The molecular weight excluding hydrogens is 216 g/mol. The Morgan fingerprint density at radius 1 is 1.64 bits per heavy atom. The molecule has 0 radical (unpaired) electrons. The van der Waals surface area contributed by atoms with E-state index in [4.69, 9.17) is 11.6 Å². The summed E-state index contributed by atoms with van der Waals surface area (Å²) in [7, 11) is 2.04. The maximum Gasteiger partial charge on any atom is 0.0931 e. The third-order valence-electron chi connectivity index (χ3n) is 2.69. The van der Waals surface area contributed by atoms with Crippen molar-refractivity contribution in [2.75, 3.05) is 20.1 Å². The average Bonchev–Trinajstić information content (AvgIpc) is 2.76. The van der Waals surface area contributed by atoms with Gasteiger partial charge in [0.25, 0.3) is 0 Å². The molecule has 0 spiro atoms. The smallest absolute Gasteiger partial charge is 0.0931 e. The standard InChI is InChI=1S/C10H15ClN2S/c1-12-8-4-5-13(6-8)7-9-2-3-10(11)14-9/h2-3,8,12H,4-7H2,1H3. The van der Waals surface area contributed by atoms with Crippen LogP contribution in [0.2, 0.25) is 4.34 Å². The van der Waals surface area contributed by atoms with Crippen LogP contribution in [-0.2, 0) is 6.54 Å². The van der Waals surface area contributed by atoms with Crippen molar-refractivity contribution in [3.8, 4) is 0 Å². The second-order valence-electron chi connectivity index (χ2n) is 3.72. The predicted octanol–water partition coefficient (Wildman–Crippen LogP) is 2.20. The summed E-state index contributed by atoms with van der Waals surface area (Å²) in [5, 5.41) is 3.32. The summed E-state index contributed by atoms with van der Waals surface area (Å²) in [5.74, 6) is 0. The molecule has 2 rings (SSSR count). The minimum Gasteiger partial charge on any atom is -0.316 e. The number of likely N-dealkylation sites (tertiary alicyclic amines) is 1. The first-order valence-electron chi connectivity index (χ1n) is 4.92. The van der Waals surface area contributed by atoms with E-state index in [-0.39, 0.29) is 0 Å². The molecule has 1 saturated heterocycles. The summed E-state index contributed by atoms with van der Waals surface area (Å²) in [6.45, 7) is 3.41. The van der Waals surface area contributed by atoms with E-state index in [0.717, 1.165) is 17.4 Å². The lowest BCUT2D eigenvalue weighted by Gasteiger charge is -2.14. The molecule has 1 N–H and O–H groups in total. The van der Waals surface area contributed by atoms with E-state index in [1.165, 1.54) is 17.8 Å². The van der Waals surface area contributed by atoms with Crippen LogP contribution in [0.15, 0.2) is 12.1 Å². The van der Waals surface area contributed by atoms with Gasteiger partial charge in [-0.2, -0.15) is 0 Å². The summed E-state index contributed by atoms with van der Waals surface area (Å²) in [6.07, 6.45) is 1.26. The first kappa shape index (κ1) is 10.4. The summed E-state index contributed by atoms with van der Waals surface area (Å²) in [4.78, 5) is 3.84. The maximum atomic E-state index is 5.89. The number of nitrogens with zero attached hydrogens (tertiary/aromatic N) is 1. The Labute approximate surface area is 93.9 Å². The molecule has 1 atom stereocenters. The van der Waals surface area contributed by atoms with Crippen molar-refractivity contribution in [2.45, 2.75) is 19.0 Å². The number of halogens is 1. The lowest BCUT2D eigenvalue weighted by Crippen LogP contribution is -2.29. The normalized spacial score (nSPS) is 23.1. The van der Waals surface area contributed by atoms with E-state index in [2.05, 4.69) is 16.3 Å². The lowest BCUT2D eigenvalue weighted by atomic mass is 10.3. The molecule has 0 saturated carbocycles. The molecule has 2 heterocycles. The average molecular weight is 231 g/mol. The van der Waals surface area contributed by atoms with E-state index in [1.807, 2.05) is 13.1 Å². The Morgan fingerprint density at radius 3 is 3.07 bits per heavy atom. The van der Waals surface area contributed by atoms with Crippen LogP contribution in [0.1, 0.15) is 11.3 Å². The molecule has 1 unspecified atom stereocenters. The van der Waals surface area contributed by atoms with Crippen molar-refractivity contribution >= 4 is 22.9 Å². The number of thiophene rings is 1. The monoisotopic (exact) mass is 230 g/mol. The number of likely N-dealkylation sites (N-methyl/N-ethyl adjacent to an activating group) is 1. The van der Waals surface area contributed by atoms with E-state index in [9.17, 15) is 0 Å². The van der Waals surface area contributed by atoms with E-state index in [0.29, 0.717) is 6.04 Å². The molecule has 1 fully saturated rings. The molecule has 4 heteroatoms. The van der Waals surface area contributed by atoms with Gasteiger partial charge < -0.3 is 5.32 Å². The summed E-state index contributed by atoms with van der Waals surface area (Å²) >= 11 is 7.58. The molecule has 0 aromatic carbocycles. The van der Waals surface area contributed by atoms with Crippen LogP contribution in [-0.4, -0.2) is 31.1 Å². The third-order valence-corrected chi connectivity index (χ3v) is 3.90. The third kappa shape index (κ3) is 2.48. The highest BCUT2D eigenvalue weighted by molar-refractivity contribution is 7.16. The zero-order valence-corrected chi connectivity index (χ0v) is 9.87. The second-order valence-corrected chi connectivity index (χ2v) is 5.51. The molecule has 0 aliphatic carbocycles. The summed E-state index contributed by atoms with van der Waals surface area (Å²) in [5.41, 5.74) is 0. The maximum absolute atomic E-state index is 5.89. The molecule has 14 heavy (non-hydrogen) atoms. The SMILES string of the molecule is CNC1CCN(Cc2ccc(Cl)s2)C1. The molecule has 1 aromatic heterocycles. The molecule has 1 aliphatic heterocycles. The van der Waals surface area contributed by atoms with Crippen molar-refractivity contribution in [1.29, 1.82) is 0 Å². The van der Waals surface area contributed by atoms with Crippen LogP contribution in [0, 0.1) is 0 Å². The highest BCUT2D eigenvalue weighted by Gasteiger charge is 2.20. The van der Waals surface area contributed by atoms with Gasteiger partial charge in [-0.3, -0.25) is 4.90 Å². The van der Waals surface area contributed by atoms with Gasteiger partial charge >= 0.3 is 0 Å². The van der Waals surface area contributed by atoms with E-state index >= 15 is 0 Å². The van der Waals surface area contributed by atoms with Crippen molar-refractivity contribution in [3.63, 3.8) is 0 Å². The summed E-state index contributed by atoms with van der Waals surface area (Å²) in [6, 6.07) is 4.78. The van der Waals surface area contributed by atoms with Gasteiger partial charge in [0, 0.05) is 30.6 Å². The fraction of sp³-hybridized carbons (Fsp3) is 0.600. The zero-order valence-electron chi connectivity index (χ0n) is 8.29. The quantitative estimate of drug-likeness (QED) is 0.857. The van der Waals surface area contributed by atoms with Gasteiger partial charge in [0.15, 0.2) is 0 Å². The van der Waals surface area contributed by atoms with Gasteiger partial charge in [-0.15, -0.1) is 11.3 Å². The molecule has 1 aliphatic rings. The fourth-order valence-corrected chi connectivity index (χ4v) is 3.00. The number of hydrogen-bond acceptors (Lipinski definition) is 3. The van der Waals surface area contributed by atoms with Gasteiger partial charge in [-0.1, -0.05) is 11.6 Å². The van der Waals surface area contributed by atoms with Crippen LogP contribution in [0.3, 0.4) is 0 Å². The molecule has 0 bridgehead atoms. The molecule has 1 aromatic rings. The van der Waals surface area contributed by atoms with Crippen molar-refractivity contribution in [2.24, 2.45) is 0 Å². The topological polar surface area (TPSA) is 15.3 Å². The highest BCUT2D eigenvalue weighted by Crippen LogP contribution is 2.23. The Morgan fingerprint density at radius 2 is 2.50 bits per heavy atom. The minimum absolute atomic E-state index is 0.672. The Hall–Kier alpha value is -0.0900. The predicted molar refractivity (Wildman–Crippen MR) is 62.1 cm³/mol. The number of nitrogens with one attached hydrogen (secondary N) is 1. The van der Waals surface area contributed by atoms with Gasteiger partial charge in [0.1, 0.15) is 0 Å². The second kappa shape index (κ2) is 4.62. The van der Waals surface area contributed by atoms with Crippen LogP contribution in [0.5, 0.6) is 0 Å². The summed E-state index contributed by atoms with van der Waals surface area (Å²) < 4.78 is 0.893. The molecular formula is C10H15ClN2S. The molecule has 78 valence electrons. The minimum atomic E-state index is 0.672. The number of hydrogen-bond donors (Lipinski definition) is 1. The molecule has 2 nitrogen and oxygen atoms in total. The van der Waals surface area contributed by atoms with E-state index in [1.54, 1.807) is 11.3 Å². The van der Waals surface area contributed by atoms with Crippen molar-refractivity contribution in [1.82, 2.24) is 10.2 Å². The number of rotatable bonds is 3. The largest absolute Gasteiger partial charge is 0.316 e. The van der Waals surface area contributed by atoms with Gasteiger partial charge in [-0.25, -0.2) is 0 Å². The fourth-order valence-electron chi connectivity index (χ4n) is 1.87. The van der Waals surface area contributed by atoms with Crippen LogP contribution >= 0.6 is 22.9 Å². The van der Waals surface area contributed by atoms with Crippen LogP contribution in [0.4, 0.5) is 0 Å². The van der Waals surface area contributed by atoms with Crippen molar-refractivity contribution < 1.29 is 0 Å². The van der Waals surface area contributed by atoms with E-state index < -0.39 is 0 Å². The Bertz CT molecular complexity index is 300. The van der Waals surface area contributed by atoms with Crippen LogP contribution < -0.4 is 5.32 Å². The first-order valence-corrected chi connectivity index (χ1v) is 6.11. The zero-order chi connectivity index (χ0) is 9.97. The Kier molecular flexibility index (Phi) is 3.44. The Balaban J connectivity index is 1.87. The first-order chi connectivity index (χ1) is 6.78. The lowest BCUT2D eigenvalue weighted by molar-refractivity contribution is 0.325. The van der Waals surface area contributed by atoms with Gasteiger partial charge in [-0.05, 0) is 25.6 Å². The van der Waals surface area contributed by atoms with Crippen molar-refractivity contribution in [3.05, 3.63) is 21.3 Å². The molecule has 0 amide bonds. The van der Waals surface area contributed by atoms with Crippen LogP contribution in [0.25, 0.3) is 0 Å². The van der Waals surface area contributed by atoms with Gasteiger partial charge in [0.05, 0.1) is 4.34 Å². The van der Waals surface area contributed by atoms with Gasteiger partial charge in [0.2, 0.25) is 0 Å².